The number of halogens is 1. The fraction of sp³-hybridized carbons (Fsp3) is 0.167. The van der Waals surface area contributed by atoms with Crippen molar-refractivity contribution < 1.29 is 5.21 Å². The van der Waals surface area contributed by atoms with Gasteiger partial charge < -0.3 is 5.21 Å². The third-order valence-corrected chi connectivity index (χ3v) is 1.15. The van der Waals surface area contributed by atoms with E-state index in [1.165, 1.54) is 6.21 Å². The first kappa shape index (κ1) is 8.43. The Kier molecular flexibility index (Phi) is 5.21. The van der Waals surface area contributed by atoms with Crippen molar-refractivity contribution in [2.24, 2.45) is 5.16 Å². The normalized spacial score (nSPS) is 13.8. The maximum Gasteiger partial charge on any atom is 0.0672 e. The summed E-state index contributed by atoms with van der Waals surface area (Å²) in [4.78, 5) is 0. The lowest BCUT2D eigenvalue weighted by molar-refractivity contribution is 0.322. The molecule has 0 aromatic heterocycles. The average Bonchev–Trinajstić information content (AvgIpc) is 1.85. The highest BCUT2D eigenvalue weighted by Gasteiger charge is 1.76. The van der Waals surface area contributed by atoms with Crippen LogP contribution in [0.15, 0.2) is 27.9 Å². The molecular formula is C6H8BrNO. The predicted molar refractivity (Wildman–Crippen MR) is 42.1 cm³/mol. The molecule has 0 spiro atoms. The Morgan fingerprint density at radius 3 is 2.78 bits per heavy atom. The molecule has 0 heterocycles. The molecule has 0 amide bonds. The summed E-state index contributed by atoms with van der Waals surface area (Å²) in [5.41, 5.74) is 0. The molecule has 1 N–H and O–H groups in total. The molecule has 0 aromatic rings. The zero-order valence-corrected chi connectivity index (χ0v) is 6.67. The Hall–Kier alpha value is -0.570. The van der Waals surface area contributed by atoms with Crippen LogP contribution in [-0.2, 0) is 0 Å². The number of oxime groups is 1. The maximum absolute atomic E-state index is 7.96. The standard InChI is InChI=1S/C6H8BrNO/c1-2-3-6(7)4-5-8-9/h2-5,9H,1H3/b3-2-,6-4+,8-5+. The van der Waals surface area contributed by atoms with Crippen molar-refractivity contribution in [2.45, 2.75) is 6.92 Å². The van der Waals surface area contributed by atoms with Crippen LogP contribution in [0, 0.1) is 0 Å². The number of hydrogen-bond donors (Lipinski definition) is 1. The molecule has 0 rings (SSSR count). The SMILES string of the molecule is C\C=C/C(Br)=C\C=N\O. The molecule has 0 unspecified atom stereocenters. The van der Waals surface area contributed by atoms with Crippen LogP contribution in [0.1, 0.15) is 6.92 Å². The number of hydrogen-bond acceptors (Lipinski definition) is 2. The van der Waals surface area contributed by atoms with Gasteiger partial charge in [-0.1, -0.05) is 33.2 Å². The largest absolute Gasteiger partial charge is 0.411 e. The van der Waals surface area contributed by atoms with E-state index >= 15 is 0 Å². The van der Waals surface area contributed by atoms with Crippen molar-refractivity contribution >= 4 is 22.1 Å². The van der Waals surface area contributed by atoms with Gasteiger partial charge in [-0.3, -0.25) is 0 Å². The summed E-state index contributed by atoms with van der Waals surface area (Å²) in [6.45, 7) is 1.91. The van der Waals surface area contributed by atoms with Crippen LogP contribution < -0.4 is 0 Å². The van der Waals surface area contributed by atoms with Crippen molar-refractivity contribution in [3.05, 3.63) is 22.7 Å². The van der Waals surface area contributed by atoms with Crippen LogP contribution in [0.25, 0.3) is 0 Å². The molecule has 9 heavy (non-hydrogen) atoms. The zero-order chi connectivity index (χ0) is 7.11. The molecule has 0 aliphatic rings. The van der Waals surface area contributed by atoms with E-state index < -0.39 is 0 Å². The number of nitrogens with zero attached hydrogens (tertiary/aromatic N) is 1. The summed E-state index contributed by atoms with van der Waals surface area (Å²) in [5.74, 6) is 0. The fourth-order valence-electron chi connectivity index (χ4n) is 0.319. The quantitative estimate of drug-likeness (QED) is 0.308. The number of rotatable bonds is 2. The van der Waals surface area contributed by atoms with Gasteiger partial charge in [-0.2, -0.15) is 0 Å². The molecule has 2 nitrogen and oxygen atoms in total. The fourth-order valence-corrected chi connectivity index (χ4v) is 0.702. The van der Waals surface area contributed by atoms with Gasteiger partial charge in [0.25, 0.3) is 0 Å². The molecule has 0 aliphatic carbocycles. The molecule has 0 atom stereocenters. The third-order valence-electron chi connectivity index (χ3n) is 0.626. The summed E-state index contributed by atoms with van der Waals surface area (Å²) >= 11 is 3.21. The van der Waals surface area contributed by atoms with Gasteiger partial charge in [-0.25, -0.2) is 0 Å². The highest BCUT2D eigenvalue weighted by Crippen LogP contribution is 2.03. The first-order valence-electron chi connectivity index (χ1n) is 2.47. The minimum absolute atomic E-state index is 0.878. The lowest BCUT2D eigenvalue weighted by Gasteiger charge is -1.80. The van der Waals surface area contributed by atoms with E-state index in [0.29, 0.717) is 0 Å². The van der Waals surface area contributed by atoms with E-state index in [2.05, 4.69) is 21.1 Å². The van der Waals surface area contributed by atoms with Crippen molar-refractivity contribution in [3.8, 4) is 0 Å². The Bertz CT molecular complexity index is 149. The van der Waals surface area contributed by atoms with E-state index in [4.69, 9.17) is 5.21 Å². The minimum Gasteiger partial charge on any atom is -0.411 e. The second-order valence-electron chi connectivity index (χ2n) is 1.32. The van der Waals surface area contributed by atoms with Crippen LogP contribution in [0.5, 0.6) is 0 Å². The first-order valence-corrected chi connectivity index (χ1v) is 3.26. The lowest BCUT2D eigenvalue weighted by Crippen LogP contribution is -1.65. The molecule has 0 aromatic carbocycles. The summed E-state index contributed by atoms with van der Waals surface area (Å²) in [6.07, 6.45) is 6.66. The molecule has 0 fully saturated rings. The summed E-state index contributed by atoms with van der Waals surface area (Å²) in [5, 5.41) is 10.8. The maximum atomic E-state index is 7.96. The summed E-state index contributed by atoms with van der Waals surface area (Å²) in [7, 11) is 0. The van der Waals surface area contributed by atoms with E-state index in [-0.39, 0.29) is 0 Å². The van der Waals surface area contributed by atoms with Crippen molar-refractivity contribution in [3.63, 3.8) is 0 Å². The van der Waals surface area contributed by atoms with Gasteiger partial charge in [0.1, 0.15) is 0 Å². The molecule has 0 radical (unpaired) electrons. The molecule has 50 valence electrons. The van der Waals surface area contributed by atoms with Gasteiger partial charge in [0.15, 0.2) is 0 Å². The van der Waals surface area contributed by atoms with E-state index in [9.17, 15) is 0 Å². The van der Waals surface area contributed by atoms with Gasteiger partial charge in [-0.15, -0.1) is 0 Å². The molecular weight excluding hydrogens is 182 g/mol. The molecule has 0 saturated heterocycles. The number of allylic oxidation sites excluding steroid dienone is 4. The third kappa shape index (κ3) is 5.30. The minimum atomic E-state index is 0.878. The van der Waals surface area contributed by atoms with E-state index in [1.807, 2.05) is 19.1 Å². The van der Waals surface area contributed by atoms with Crippen LogP contribution in [0.2, 0.25) is 0 Å². The van der Waals surface area contributed by atoms with E-state index in [1.54, 1.807) is 6.08 Å². The Labute approximate surface area is 62.7 Å². The monoisotopic (exact) mass is 189 g/mol. The lowest BCUT2D eigenvalue weighted by atomic mass is 10.4. The second-order valence-corrected chi connectivity index (χ2v) is 2.23. The molecule has 0 aliphatic heterocycles. The van der Waals surface area contributed by atoms with Crippen LogP contribution in [0.4, 0.5) is 0 Å². The average molecular weight is 190 g/mol. The Morgan fingerprint density at radius 1 is 1.67 bits per heavy atom. The molecule has 0 saturated carbocycles. The second kappa shape index (κ2) is 5.56. The first-order chi connectivity index (χ1) is 4.31. The van der Waals surface area contributed by atoms with E-state index in [0.717, 1.165) is 4.48 Å². The Balaban J connectivity index is 3.84. The topological polar surface area (TPSA) is 32.6 Å². The van der Waals surface area contributed by atoms with Gasteiger partial charge >= 0.3 is 0 Å². The summed E-state index contributed by atoms with van der Waals surface area (Å²) in [6, 6.07) is 0. The van der Waals surface area contributed by atoms with Gasteiger partial charge in [0.05, 0.1) is 6.21 Å². The van der Waals surface area contributed by atoms with Crippen molar-refractivity contribution in [1.82, 2.24) is 0 Å². The van der Waals surface area contributed by atoms with Crippen LogP contribution in [0.3, 0.4) is 0 Å². The molecule has 3 heteroatoms. The highest BCUT2D eigenvalue weighted by molar-refractivity contribution is 9.11. The zero-order valence-electron chi connectivity index (χ0n) is 5.08. The molecule has 0 bridgehead atoms. The summed E-state index contributed by atoms with van der Waals surface area (Å²) < 4.78 is 0.878. The predicted octanol–water partition coefficient (Wildman–Crippen LogP) is 2.30. The van der Waals surface area contributed by atoms with Gasteiger partial charge in [0.2, 0.25) is 0 Å². The van der Waals surface area contributed by atoms with Crippen LogP contribution in [-0.4, -0.2) is 11.4 Å². The van der Waals surface area contributed by atoms with Gasteiger partial charge in [-0.05, 0) is 13.0 Å². The Morgan fingerprint density at radius 2 is 2.33 bits per heavy atom. The van der Waals surface area contributed by atoms with Crippen LogP contribution >= 0.6 is 15.9 Å². The smallest absolute Gasteiger partial charge is 0.0672 e. The van der Waals surface area contributed by atoms with Gasteiger partial charge in [0, 0.05) is 4.48 Å². The van der Waals surface area contributed by atoms with Crippen molar-refractivity contribution in [1.29, 1.82) is 0 Å². The highest BCUT2D eigenvalue weighted by atomic mass is 79.9. The van der Waals surface area contributed by atoms with Crippen molar-refractivity contribution in [2.75, 3.05) is 0 Å².